The predicted molar refractivity (Wildman–Crippen MR) is 118 cm³/mol. The van der Waals surface area contributed by atoms with Crippen molar-refractivity contribution in [2.24, 2.45) is 0 Å². The van der Waals surface area contributed by atoms with Gasteiger partial charge >= 0.3 is 0 Å². The first-order valence-corrected chi connectivity index (χ1v) is 11.4. The maximum Gasteiger partial charge on any atom is 0.264 e. The van der Waals surface area contributed by atoms with Gasteiger partial charge in [-0.3, -0.25) is 9.10 Å². The number of carbonyl (C=O) groups excluding carboxylic acids is 1. The minimum atomic E-state index is -3.83. The molecule has 0 aliphatic carbocycles. The van der Waals surface area contributed by atoms with Crippen LogP contribution in [0.15, 0.2) is 77.7 Å². The monoisotopic (exact) mass is 438 g/mol. The Morgan fingerprint density at radius 1 is 1.06 bits per heavy atom. The van der Waals surface area contributed by atoms with Crippen LogP contribution in [0.3, 0.4) is 0 Å². The molecule has 0 aromatic heterocycles. The molecule has 160 valence electrons. The van der Waals surface area contributed by atoms with E-state index in [1.807, 2.05) is 31.2 Å². The maximum atomic E-state index is 13.4. The van der Waals surface area contributed by atoms with Crippen molar-refractivity contribution in [1.82, 2.24) is 4.90 Å². The molecule has 0 saturated heterocycles. The standard InChI is InChI=1S/C24H23FN2O3S/c1-17-14-19-6-3-4-9-23(19)27(17)31(29,30)22-8-5-7-20(15-22)24(28)26(2)16-18-10-12-21(25)13-11-18/h3-13,15,17H,14,16H2,1-2H3. The zero-order chi connectivity index (χ0) is 22.2. The van der Waals surface area contributed by atoms with Gasteiger partial charge in [-0.15, -0.1) is 0 Å². The quantitative estimate of drug-likeness (QED) is 0.599. The molecule has 1 atom stereocenters. The van der Waals surface area contributed by atoms with E-state index in [4.69, 9.17) is 0 Å². The number of carbonyl (C=O) groups is 1. The van der Waals surface area contributed by atoms with Gasteiger partial charge in [0.25, 0.3) is 15.9 Å². The average molecular weight is 439 g/mol. The number of benzene rings is 3. The van der Waals surface area contributed by atoms with E-state index in [0.29, 0.717) is 12.1 Å². The molecule has 4 rings (SSSR count). The van der Waals surface area contributed by atoms with Gasteiger partial charge in [0, 0.05) is 25.2 Å². The Morgan fingerprint density at radius 2 is 1.77 bits per heavy atom. The summed E-state index contributed by atoms with van der Waals surface area (Å²) in [6.45, 7) is 2.16. The second kappa shape index (κ2) is 8.15. The van der Waals surface area contributed by atoms with Crippen LogP contribution in [0.1, 0.15) is 28.4 Å². The molecule has 1 aliphatic rings. The molecule has 0 saturated carbocycles. The fourth-order valence-corrected chi connectivity index (χ4v) is 5.70. The van der Waals surface area contributed by atoms with Crippen LogP contribution in [0.2, 0.25) is 0 Å². The Bertz CT molecular complexity index is 1230. The first-order chi connectivity index (χ1) is 14.8. The van der Waals surface area contributed by atoms with Crippen molar-refractivity contribution in [3.63, 3.8) is 0 Å². The van der Waals surface area contributed by atoms with Crippen molar-refractivity contribution in [2.75, 3.05) is 11.4 Å². The summed E-state index contributed by atoms with van der Waals surface area (Å²) in [7, 11) is -2.20. The number of hydrogen-bond donors (Lipinski definition) is 0. The molecule has 1 amide bonds. The number of sulfonamides is 1. The number of nitrogens with zero attached hydrogens (tertiary/aromatic N) is 2. The summed E-state index contributed by atoms with van der Waals surface area (Å²) in [5, 5.41) is 0. The molecule has 1 aliphatic heterocycles. The molecule has 0 spiro atoms. The number of rotatable bonds is 5. The second-order valence-electron chi connectivity index (χ2n) is 7.80. The Balaban J connectivity index is 1.60. The molecular weight excluding hydrogens is 415 g/mol. The average Bonchev–Trinajstić information content (AvgIpc) is 3.11. The zero-order valence-electron chi connectivity index (χ0n) is 17.3. The molecule has 0 fully saturated rings. The molecule has 1 unspecified atom stereocenters. The summed E-state index contributed by atoms with van der Waals surface area (Å²) in [5.74, 6) is -0.649. The van der Waals surface area contributed by atoms with Crippen LogP contribution in [0.25, 0.3) is 0 Å². The van der Waals surface area contributed by atoms with E-state index in [2.05, 4.69) is 0 Å². The van der Waals surface area contributed by atoms with Gasteiger partial charge in [0.15, 0.2) is 0 Å². The van der Waals surface area contributed by atoms with Crippen LogP contribution >= 0.6 is 0 Å². The normalized spacial score (nSPS) is 15.6. The Kier molecular flexibility index (Phi) is 5.54. The highest BCUT2D eigenvalue weighted by atomic mass is 32.2. The molecule has 3 aromatic carbocycles. The van der Waals surface area contributed by atoms with E-state index in [1.54, 1.807) is 31.3 Å². The summed E-state index contributed by atoms with van der Waals surface area (Å²) in [4.78, 5) is 14.5. The first-order valence-electron chi connectivity index (χ1n) is 9.99. The Labute approximate surface area is 181 Å². The molecule has 3 aromatic rings. The third kappa shape index (κ3) is 4.05. The second-order valence-corrected chi connectivity index (χ2v) is 9.61. The lowest BCUT2D eigenvalue weighted by Crippen LogP contribution is -2.36. The van der Waals surface area contributed by atoms with Crippen molar-refractivity contribution in [3.8, 4) is 0 Å². The predicted octanol–water partition coefficient (Wildman–Crippen LogP) is 4.24. The summed E-state index contributed by atoms with van der Waals surface area (Å²) >= 11 is 0. The summed E-state index contributed by atoms with van der Waals surface area (Å²) in [5.41, 5.74) is 2.74. The van der Waals surface area contributed by atoms with E-state index in [1.165, 1.54) is 33.5 Å². The zero-order valence-corrected chi connectivity index (χ0v) is 18.1. The molecule has 0 bridgehead atoms. The van der Waals surface area contributed by atoms with Gasteiger partial charge in [-0.1, -0.05) is 36.4 Å². The largest absolute Gasteiger partial charge is 0.337 e. The van der Waals surface area contributed by atoms with Gasteiger partial charge in [0.2, 0.25) is 0 Å². The van der Waals surface area contributed by atoms with E-state index >= 15 is 0 Å². The minimum absolute atomic E-state index is 0.0806. The summed E-state index contributed by atoms with van der Waals surface area (Å²) in [6, 6.07) is 19.3. The van der Waals surface area contributed by atoms with Gasteiger partial charge in [-0.25, -0.2) is 12.8 Å². The number of amides is 1. The van der Waals surface area contributed by atoms with Crippen LogP contribution in [-0.2, 0) is 23.0 Å². The topological polar surface area (TPSA) is 57.7 Å². The summed E-state index contributed by atoms with van der Waals surface area (Å²) in [6.07, 6.45) is 0.647. The molecule has 0 radical (unpaired) electrons. The van der Waals surface area contributed by atoms with Crippen molar-refractivity contribution in [3.05, 3.63) is 95.3 Å². The third-order valence-corrected chi connectivity index (χ3v) is 7.39. The number of halogens is 1. The van der Waals surface area contributed by atoms with Gasteiger partial charge in [0.1, 0.15) is 5.82 Å². The van der Waals surface area contributed by atoms with Crippen LogP contribution in [0, 0.1) is 5.82 Å². The highest BCUT2D eigenvalue weighted by Gasteiger charge is 2.36. The van der Waals surface area contributed by atoms with E-state index in [0.717, 1.165) is 11.1 Å². The van der Waals surface area contributed by atoms with Crippen LogP contribution < -0.4 is 4.31 Å². The molecule has 5 nitrogen and oxygen atoms in total. The van der Waals surface area contributed by atoms with Crippen molar-refractivity contribution >= 4 is 21.6 Å². The molecule has 0 N–H and O–H groups in total. The summed E-state index contributed by atoms with van der Waals surface area (Å²) < 4.78 is 41.4. The molecular formula is C24H23FN2O3S. The lowest BCUT2D eigenvalue weighted by Gasteiger charge is -2.25. The van der Waals surface area contributed by atoms with Crippen LogP contribution in [0.5, 0.6) is 0 Å². The Morgan fingerprint density at radius 3 is 2.52 bits per heavy atom. The van der Waals surface area contributed by atoms with Crippen LogP contribution in [-0.4, -0.2) is 32.3 Å². The fourth-order valence-electron chi connectivity index (χ4n) is 3.96. The van der Waals surface area contributed by atoms with Crippen molar-refractivity contribution in [1.29, 1.82) is 0 Å². The number of hydrogen-bond acceptors (Lipinski definition) is 3. The lowest BCUT2D eigenvalue weighted by molar-refractivity contribution is 0.0785. The SMILES string of the molecule is CC1Cc2ccccc2N1S(=O)(=O)c1cccc(C(=O)N(C)Cc2ccc(F)cc2)c1. The van der Waals surface area contributed by atoms with Crippen molar-refractivity contribution in [2.45, 2.75) is 30.8 Å². The van der Waals surface area contributed by atoms with Crippen LogP contribution in [0.4, 0.5) is 10.1 Å². The van der Waals surface area contributed by atoms with Crippen molar-refractivity contribution < 1.29 is 17.6 Å². The number of fused-ring (bicyclic) bond motifs is 1. The van der Waals surface area contributed by atoms with Gasteiger partial charge in [-0.2, -0.15) is 0 Å². The fraction of sp³-hybridized carbons (Fsp3) is 0.208. The first kappa shape index (κ1) is 21.1. The van der Waals surface area contributed by atoms with Gasteiger partial charge in [-0.05, 0) is 60.9 Å². The smallest absolute Gasteiger partial charge is 0.264 e. The van der Waals surface area contributed by atoms with E-state index in [-0.39, 0.29) is 34.8 Å². The number of para-hydroxylation sites is 1. The molecule has 31 heavy (non-hydrogen) atoms. The maximum absolute atomic E-state index is 13.4. The van der Waals surface area contributed by atoms with Gasteiger partial charge < -0.3 is 4.90 Å². The van der Waals surface area contributed by atoms with E-state index in [9.17, 15) is 17.6 Å². The Hall–Kier alpha value is -3.19. The minimum Gasteiger partial charge on any atom is -0.337 e. The highest BCUT2D eigenvalue weighted by Crippen LogP contribution is 2.36. The van der Waals surface area contributed by atoms with Gasteiger partial charge in [0.05, 0.1) is 10.6 Å². The third-order valence-electron chi connectivity index (χ3n) is 5.46. The van der Waals surface area contributed by atoms with E-state index < -0.39 is 10.0 Å². The molecule has 7 heteroatoms. The number of anilines is 1. The lowest BCUT2D eigenvalue weighted by atomic mass is 10.1. The molecule has 1 heterocycles. The highest BCUT2D eigenvalue weighted by molar-refractivity contribution is 7.92.